The Hall–Kier alpha value is -2.93. The lowest BCUT2D eigenvalue weighted by Crippen LogP contribution is -1.93. The molecule has 0 fully saturated rings. The van der Waals surface area contributed by atoms with Crippen molar-refractivity contribution in [2.45, 2.75) is 54.9 Å². The average Bonchev–Trinajstić information content (AvgIpc) is 2.82. The van der Waals surface area contributed by atoms with E-state index in [1.54, 1.807) is 0 Å². The fourth-order valence-corrected chi connectivity index (χ4v) is 3.01. The summed E-state index contributed by atoms with van der Waals surface area (Å²) in [5.74, 6) is 0. The van der Waals surface area contributed by atoms with Crippen LogP contribution < -0.4 is 0 Å². The van der Waals surface area contributed by atoms with Crippen LogP contribution in [0, 0.1) is 6.92 Å². The lowest BCUT2D eigenvalue weighted by atomic mass is 9.98. The number of aromatic nitrogens is 1. The van der Waals surface area contributed by atoms with E-state index in [-0.39, 0.29) is 0 Å². The van der Waals surface area contributed by atoms with Crippen molar-refractivity contribution < 1.29 is 0 Å². The van der Waals surface area contributed by atoms with Crippen LogP contribution in [0.4, 0.5) is 0 Å². The number of benzene rings is 2. The van der Waals surface area contributed by atoms with Gasteiger partial charge in [0.1, 0.15) is 0 Å². The van der Waals surface area contributed by atoms with Crippen molar-refractivity contribution in [3.05, 3.63) is 96.1 Å². The first-order chi connectivity index (χ1) is 14.7. The highest BCUT2D eigenvalue weighted by Crippen LogP contribution is 2.29. The molecule has 3 aromatic rings. The number of hydrogen-bond donors (Lipinski definition) is 0. The van der Waals surface area contributed by atoms with Crippen molar-refractivity contribution in [1.29, 1.82) is 0 Å². The second-order valence-electron chi connectivity index (χ2n) is 6.43. The zero-order valence-corrected chi connectivity index (χ0v) is 19.7. The number of hydrogen-bond acceptors (Lipinski definition) is 1. The van der Waals surface area contributed by atoms with E-state index in [9.17, 15) is 0 Å². The molecule has 30 heavy (non-hydrogen) atoms. The van der Waals surface area contributed by atoms with Crippen molar-refractivity contribution in [1.82, 2.24) is 4.98 Å². The molecule has 3 rings (SSSR count). The molecule has 1 heteroatoms. The summed E-state index contributed by atoms with van der Waals surface area (Å²) in [4.78, 5) is 4.95. The standard InChI is InChI=1S/C25H25N.2C2H6/c1-4-9-20(10-5-2)23-17-24(21-11-7-6-8-12-21)26-25(18-23)22-15-13-19(3)14-16-22;2*1-2/h4,6-18H,5H2,1-3H3;2*1-2H3/b9-4-,20-10+;;. The van der Waals surface area contributed by atoms with Gasteiger partial charge in [-0.3, -0.25) is 0 Å². The molecule has 0 radical (unpaired) electrons. The van der Waals surface area contributed by atoms with Gasteiger partial charge >= 0.3 is 0 Å². The summed E-state index contributed by atoms with van der Waals surface area (Å²) in [6.45, 7) is 14.3. The molecule has 1 aromatic heterocycles. The van der Waals surface area contributed by atoms with E-state index in [0.29, 0.717) is 0 Å². The van der Waals surface area contributed by atoms with Gasteiger partial charge in [0.05, 0.1) is 11.4 Å². The minimum absolute atomic E-state index is 1.00. The molecule has 0 aliphatic rings. The number of aryl methyl sites for hydroxylation is 1. The molecule has 1 nitrogen and oxygen atoms in total. The molecule has 0 unspecified atom stereocenters. The molecule has 0 amide bonds. The Labute approximate surface area is 184 Å². The Morgan fingerprint density at radius 2 is 1.33 bits per heavy atom. The van der Waals surface area contributed by atoms with Crippen LogP contribution in [0.25, 0.3) is 28.1 Å². The third-order valence-corrected chi connectivity index (χ3v) is 4.35. The predicted octanol–water partition coefficient (Wildman–Crippen LogP) is 9.15. The normalized spacial score (nSPS) is 10.7. The zero-order valence-electron chi connectivity index (χ0n) is 19.7. The Bertz CT molecular complexity index is 916. The summed E-state index contributed by atoms with van der Waals surface area (Å²) in [6, 6.07) is 23.3. The predicted molar refractivity (Wildman–Crippen MR) is 136 cm³/mol. The average molecular weight is 400 g/mol. The SMILES string of the molecule is C/C=C\C(=C/CC)c1cc(-c2ccccc2)nc(-c2ccc(C)cc2)c1.CC.CC. The zero-order chi connectivity index (χ0) is 22.4. The van der Waals surface area contributed by atoms with E-state index in [1.807, 2.05) is 33.8 Å². The Morgan fingerprint density at radius 1 is 0.800 bits per heavy atom. The van der Waals surface area contributed by atoms with E-state index in [2.05, 4.69) is 99.7 Å². The number of allylic oxidation sites excluding steroid dienone is 4. The molecular formula is C29H37N. The van der Waals surface area contributed by atoms with E-state index in [1.165, 1.54) is 16.7 Å². The van der Waals surface area contributed by atoms with Crippen LogP contribution in [-0.4, -0.2) is 4.98 Å². The maximum Gasteiger partial charge on any atom is 0.0715 e. The van der Waals surface area contributed by atoms with Gasteiger partial charge in [-0.1, -0.05) is 113 Å². The second-order valence-corrected chi connectivity index (χ2v) is 6.43. The molecule has 0 bridgehead atoms. The lowest BCUT2D eigenvalue weighted by molar-refractivity contribution is 1.22. The highest BCUT2D eigenvalue weighted by atomic mass is 14.7. The molecular weight excluding hydrogens is 362 g/mol. The number of pyridine rings is 1. The first-order valence-electron chi connectivity index (χ1n) is 11.2. The first-order valence-corrected chi connectivity index (χ1v) is 11.2. The summed E-state index contributed by atoms with van der Waals surface area (Å²) in [6.07, 6.45) is 7.54. The summed E-state index contributed by atoms with van der Waals surface area (Å²) >= 11 is 0. The van der Waals surface area contributed by atoms with Gasteiger partial charge < -0.3 is 0 Å². The van der Waals surface area contributed by atoms with E-state index >= 15 is 0 Å². The summed E-state index contributed by atoms with van der Waals surface area (Å²) < 4.78 is 0. The minimum atomic E-state index is 1.00. The van der Waals surface area contributed by atoms with Crippen molar-refractivity contribution in [2.75, 3.05) is 0 Å². The third kappa shape index (κ3) is 7.15. The maximum absolute atomic E-state index is 4.95. The van der Waals surface area contributed by atoms with Gasteiger partial charge in [0.25, 0.3) is 0 Å². The van der Waals surface area contributed by atoms with Crippen LogP contribution in [0.5, 0.6) is 0 Å². The molecule has 0 saturated carbocycles. The fraction of sp³-hybridized carbons (Fsp3) is 0.276. The lowest BCUT2D eigenvalue weighted by Gasteiger charge is -2.11. The van der Waals surface area contributed by atoms with Gasteiger partial charge in [0.15, 0.2) is 0 Å². The fourth-order valence-electron chi connectivity index (χ4n) is 3.01. The van der Waals surface area contributed by atoms with Crippen molar-refractivity contribution in [3.8, 4) is 22.5 Å². The minimum Gasteiger partial charge on any atom is -0.248 e. The quantitative estimate of drug-likeness (QED) is 0.390. The van der Waals surface area contributed by atoms with Gasteiger partial charge in [-0.2, -0.15) is 0 Å². The summed E-state index contributed by atoms with van der Waals surface area (Å²) in [5, 5.41) is 0. The van der Waals surface area contributed by atoms with Crippen LogP contribution in [0.3, 0.4) is 0 Å². The molecule has 0 atom stereocenters. The highest BCUT2D eigenvalue weighted by molar-refractivity contribution is 5.80. The molecule has 158 valence electrons. The van der Waals surface area contributed by atoms with Crippen molar-refractivity contribution >= 4 is 5.57 Å². The van der Waals surface area contributed by atoms with Crippen LogP contribution in [0.1, 0.15) is 59.1 Å². The van der Waals surface area contributed by atoms with Crippen molar-refractivity contribution in [3.63, 3.8) is 0 Å². The monoisotopic (exact) mass is 399 g/mol. The largest absolute Gasteiger partial charge is 0.248 e. The van der Waals surface area contributed by atoms with E-state index < -0.39 is 0 Å². The van der Waals surface area contributed by atoms with Gasteiger partial charge in [0, 0.05) is 11.1 Å². The van der Waals surface area contributed by atoms with Crippen molar-refractivity contribution in [2.24, 2.45) is 0 Å². The van der Waals surface area contributed by atoms with E-state index in [0.717, 1.165) is 28.9 Å². The first kappa shape index (κ1) is 25.1. The van der Waals surface area contributed by atoms with Crippen LogP contribution in [0.15, 0.2) is 85.0 Å². The summed E-state index contributed by atoms with van der Waals surface area (Å²) in [7, 11) is 0. The molecule has 0 saturated heterocycles. The summed E-state index contributed by atoms with van der Waals surface area (Å²) in [5.41, 5.74) is 7.99. The molecule has 0 aliphatic heterocycles. The number of nitrogens with zero attached hydrogens (tertiary/aromatic N) is 1. The highest BCUT2D eigenvalue weighted by Gasteiger charge is 2.09. The third-order valence-electron chi connectivity index (χ3n) is 4.35. The van der Waals surface area contributed by atoms with Crippen LogP contribution in [0.2, 0.25) is 0 Å². The Kier molecular flexibility index (Phi) is 11.8. The van der Waals surface area contributed by atoms with Gasteiger partial charge in [0.2, 0.25) is 0 Å². The van der Waals surface area contributed by atoms with Crippen LogP contribution in [-0.2, 0) is 0 Å². The van der Waals surface area contributed by atoms with Gasteiger partial charge in [-0.05, 0) is 43.5 Å². The molecule has 2 aromatic carbocycles. The van der Waals surface area contributed by atoms with Gasteiger partial charge in [-0.25, -0.2) is 4.98 Å². The smallest absolute Gasteiger partial charge is 0.0715 e. The molecule has 0 N–H and O–H groups in total. The topological polar surface area (TPSA) is 12.9 Å². The molecule has 0 aliphatic carbocycles. The Balaban J connectivity index is 0.00000106. The van der Waals surface area contributed by atoms with Crippen LogP contribution >= 0.6 is 0 Å². The second kappa shape index (κ2) is 14.1. The van der Waals surface area contributed by atoms with Gasteiger partial charge in [-0.15, -0.1) is 0 Å². The number of rotatable bonds is 5. The van der Waals surface area contributed by atoms with E-state index in [4.69, 9.17) is 4.98 Å². The maximum atomic E-state index is 4.95. The Morgan fingerprint density at radius 3 is 1.83 bits per heavy atom. The molecule has 0 spiro atoms. The molecule has 1 heterocycles.